The van der Waals surface area contributed by atoms with E-state index in [1.165, 1.54) is 18.9 Å². The number of methoxy groups -OCH3 is 2. The number of rotatable bonds is 6. The van der Waals surface area contributed by atoms with Gasteiger partial charge in [-0.2, -0.15) is 4.99 Å². The number of aliphatic imine (C=N–C) groups is 2. The smallest absolute Gasteiger partial charge is 0.275 e. The number of carbonyl (C=O) groups excluding carboxylic acids is 2. The number of anilines is 1. The van der Waals surface area contributed by atoms with Gasteiger partial charge in [0.25, 0.3) is 5.91 Å². The zero-order valence-corrected chi connectivity index (χ0v) is 19.9. The van der Waals surface area contributed by atoms with Crippen molar-refractivity contribution in [2.75, 3.05) is 25.3 Å². The molecular weight excluding hydrogens is 464 g/mol. The summed E-state index contributed by atoms with van der Waals surface area (Å²) in [4.78, 5) is 36.8. The quantitative estimate of drug-likeness (QED) is 0.555. The monoisotopic (exact) mass is 486 g/mol. The third kappa shape index (κ3) is 4.38. The molecule has 0 saturated carbocycles. The van der Waals surface area contributed by atoms with E-state index in [0.717, 1.165) is 11.1 Å². The molecule has 0 saturated heterocycles. The highest BCUT2D eigenvalue weighted by atomic mass is 32.2. The van der Waals surface area contributed by atoms with Gasteiger partial charge in [0.15, 0.2) is 16.7 Å². The average molecular weight is 487 g/mol. The second-order valence-electron chi connectivity index (χ2n) is 7.78. The maximum absolute atomic E-state index is 13.0. The number of hydrogen-bond acceptors (Lipinski definition) is 7. The molecule has 0 fully saturated rings. The minimum atomic E-state index is -0.625. The van der Waals surface area contributed by atoms with Gasteiger partial charge in [-0.3, -0.25) is 14.5 Å². The Bertz CT molecular complexity index is 1360. The van der Waals surface area contributed by atoms with E-state index < -0.39 is 6.04 Å². The Kier molecular flexibility index (Phi) is 6.24. The van der Waals surface area contributed by atoms with Crippen molar-refractivity contribution in [2.45, 2.75) is 6.04 Å². The van der Waals surface area contributed by atoms with Gasteiger partial charge in [0.05, 0.1) is 25.7 Å². The van der Waals surface area contributed by atoms with E-state index in [-0.39, 0.29) is 17.6 Å². The first-order valence-corrected chi connectivity index (χ1v) is 11.9. The maximum atomic E-state index is 13.0. The summed E-state index contributed by atoms with van der Waals surface area (Å²) in [6, 6.07) is 21.6. The molecule has 0 aliphatic carbocycles. The van der Waals surface area contributed by atoms with E-state index >= 15 is 0 Å². The minimum absolute atomic E-state index is 0.0921. The SMILES string of the molecule is COc1ccc(NC(=O)CSC2=Nc3ccccc3C3=NC(=O)C(c4ccccc4)N23)cc1OC. The second kappa shape index (κ2) is 9.63. The molecule has 2 aliphatic heterocycles. The summed E-state index contributed by atoms with van der Waals surface area (Å²) in [5.41, 5.74) is 2.91. The molecule has 2 amide bonds. The predicted molar refractivity (Wildman–Crippen MR) is 137 cm³/mol. The highest BCUT2D eigenvalue weighted by Crippen LogP contribution is 2.39. The molecule has 1 unspecified atom stereocenters. The van der Waals surface area contributed by atoms with Crippen LogP contribution in [-0.4, -0.2) is 47.7 Å². The molecule has 1 N–H and O–H groups in total. The number of thioether (sulfide) groups is 1. The lowest BCUT2D eigenvalue weighted by Gasteiger charge is -2.31. The van der Waals surface area contributed by atoms with Crippen LogP contribution in [0.1, 0.15) is 17.2 Å². The van der Waals surface area contributed by atoms with Crippen LogP contribution in [0, 0.1) is 0 Å². The van der Waals surface area contributed by atoms with Crippen LogP contribution in [0.15, 0.2) is 82.8 Å². The second-order valence-corrected chi connectivity index (χ2v) is 8.72. The molecule has 35 heavy (non-hydrogen) atoms. The molecule has 0 spiro atoms. The minimum Gasteiger partial charge on any atom is -0.493 e. The standard InChI is InChI=1S/C26H22N4O4S/c1-33-20-13-12-17(14-21(20)34-2)27-22(31)15-35-26-28-19-11-7-6-10-18(19)24-29-25(32)23(30(24)26)16-8-4-3-5-9-16/h3-14,23H,15H2,1-2H3,(H,27,31). The van der Waals surface area contributed by atoms with Crippen molar-refractivity contribution < 1.29 is 19.1 Å². The first kappa shape index (κ1) is 22.7. The van der Waals surface area contributed by atoms with E-state index in [2.05, 4.69) is 10.3 Å². The number of fused-ring (bicyclic) bond motifs is 3. The molecule has 0 bridgehead atoms. The summed E-state index contributed by atoms with van der Waals surface area (Å²) in [7, 11) is 3.09. The normalized spacial score (nSPS) is 16.1. The fraction of sp³-hybridized carbons (Fsp3) is 0.154. The molecule has 9 heteroatoms. The summed E-state index contributed by atoms with van der Waals surface area (Å²) in [5.74, 6) is 1.27. The highest BCUT2D eigenvalue weighted by molar-refractivity contribution is 8.14. The summed E-state index contributed by atoms with van der Waals surface area (Å²) in [6.07, 6.45) is 0. The fourth-order valence-electron chi connectivity index (χ4n) is 4.03. The van der Waals surface area contributed by atoms with Gasteiger partial charge >= 0.3 is 0 Å². The number of nitrogens with zero attached hydrogens (tertiary/aromatic N) is 3. The maximum Gasteiger partial charge on any atom is 0.275 e. The van der Waals surface area contributed by atoms with Gasteiger partial charge < -0.3 is 14.8 Å². The molecule has 2 heterocycles. The average Bonchev–Trinajstić information content (AvgIpc) is 3.25. The number of hydrogen-bond donors (Lipinski definition) is 1. The molecule has 3 aromatic rings. The fourth-order valence-corrected chi connectivity index (χ4v) is 4.86. The molecule has 8 nitrogen and oxygen atoms in total. The van der Waals surface area contributed by atoms with Crippen LogP contribution in [0.25, 0.3) is 0 Å². The van der Waals surface area contributed by atoms with Crippen LogP contribution in [0.5, 0.6) is 11.5 Å². The van der Waals surface area contributed by atoms with Gasteiger partial charge in [-0.05, 0) is 29.8 Å². The molecule has 0 radical (unpaired) electrons. The number of benzene rings is 3. The van der Waals surface area contributed by atoms with Crippen molar-refractivity contribution in [1.29, 1.82) is 0 Å². The van der Waals surface area contributed by atoms with Crippen LogP contribution in [-0.2, 0) is 9.59 Å². The largest absolute Gasteiger partial charge is 0.493 e. The van der Waals surface area contributed by atoms with Gasteiger partial charge in [-0.1, -0.05) is 54.2 Å². The summed E-state index contributed by atoms with van der Waals surface area (Å²) < 4.78 is 10.6. The third-order valence-electron chi connectivity index (χ3n) is 5.62. The zero-order chi connectivity index (χ0) is 24.4. The van der Waals surface area contributed by atoms with Gasteiger partial charge in [-0.15, -0.1) is 0 Å². The van der Waals surface area contributed by atoms with Gasteiger partial charge in [0, 0.05) is 17.3 Å². The molecule has 2 aliphatic rings. The number of nitrogens with one attached hydrogen (secondary N) is 1. The van der Waals surface area contributed by atoms with E-state index in [0.29, 0.717) is 33.9 Å². The molecule has 0 aromatic heterocycles. The molecule has 1 atom stereocenters. The van der Waals surface area contributed by atoms with Crippen molar-refractivity contribution in [3.05, 3.63) is 83.9 Å². The van der Waals surface area contributed by atoms with Crippen LogP contribution < -0.4 is 14.8 Å². The van der Waals surface area contributed by atoms with E-state index in [1.807, 2.05) is 59.5 Å². The first-order chi connectivity index (χ1) is 17.1. The Labute approximate surface area is 206 Å². The molecular formula is C26H22N4O4S. The number of carbonyl (C=O) groups is 2. The zero-order valence-electron chi connectivity index (χ0n) is 19.1. The number of para-hydroxylation sites is 1. The number of amides is 2. The lowest BCUT2D eigenvalue weighted by Crippen LogP contribution is -2.39. The Morgan fingerprint density at radius 1 is 0.971 bits per heavy atom. The van der Waals surface area contributed by atoms with E-state index in [1.54, 1.807) is 25.3 Å². The highest BCUT2D eigenvalue weighted by Gasteiger charge is 2.42. The Balaban J connectivity index is 1.39. The molecule has 176 valence electrons. The van der Waals surface area contributed by atoms with Crippen LogP contribution in [0.2, 0.25) is 0 Å². The van der Waals surface area contributed by atoms with E-state index in [4.69, 9.17) is 14.5 Å². The van der Waals surface area contributed by atoms with Crippen molar-refractivity contribution in [3.8, 4) is 11.5 Å². The van der Waals surface area contributed by atoms with Crippen LogP contribution in [0.3, 0.4) is 0 Å². The Morgan fingerprint density at radius 2 is 1.71 bits per heavy atom. The van der Waals surface area contributed by atoms with Crippen molar-refractivity contribution in [1.82, 2.24) is 4.90 Å². The predicted octanol–water partition coefficient (Wildman–Crippen LogP) is 4.41. The Morgan fingerprint density at radius 3 is 2.49 bits per heavy atom. The lowest BCUT2D eigenvalue weighted by molar-refractivity contribution is -0.119. The number of ether oxygens (including phenoxy) is 2. The van der Waals surface area contributed by atoms with Crippen molar-refractivity contribution >= 4 is 46.0 Å². The van der Waals surface area contributed by atoms with Crippen LogP contribution >= 0.6 is 11.8 Å². The summed E-state index contributed by atoms with van der Waals surface area (Å²) >= 11 is 1.26. The third-order valence-corrected chi connectivity index (χ3v) is 6.57. The van der Waals surface area contributed by atoms with Gasteiger partial charge in [-0.25, -0.2) is 4.99 Å². The summed E-state index contributed by atoms with van der Waals surface area (Å²) in [6.45, 7) is 0. The molecule has 3 aromatic carbocycles. The summed E-state index contributed by atoms with van der Waals surface area (Å²) in [5, 5.41) is 3.42. The topological polar surface area (TPSA) is 92.6 Å². The number of amidine groups is 2. The Hall–Kier alpha value is -4.11. The van der Waals surface area contributed by atoms with Crippen molar-refractivity contribution in [3.63, 3.8) is 0 Å². The van der Waals surface area contributed by atoms with Crippen molar-refractivity contribution in [2.24, 2.45) is 9.98 Å². The van der Waals surface area contributed by atoms with E-state index in [9.17, 15) is 9.59 Å². The van der Waals surface area contributed by atoms with Gasteiger partial charge in [0.1, 0.15) is 11.9 Å². The van der Waals surface area contributed by atoms with Gasteiger partial charge in [0.2, 0.25) is 5.91 Å². The molecule has 5 rings (SSSR count). The lowest BCUT2D eigenvalue weighted by atomic mass is 10.0. The van der Waals surface area contributed by atoms with Crippen LogP contribution in [0.4, 0.5) is 11.4 Å². The first-order valence-electron chi connectivity index (χ1n) is 10.9.